The fourth-order valence-electron chi connectivity index (χ4n) is 6.97. The van der Waals surface area contributed by atoms with Crippen LogP contribution in [0.3, 0.4) is 0 Å². The third-order valence-corrected chi connectivity index (χ3v) is 8.93. The summed E-state index contributed by atoms with van der Waals surface area (Å²) in [5.74, 6) is 0. The zero-order valence-electron chi connectivity index (χ0n) is 24.1. The van der Waals surface area contributed by atoms with Gasteiger partial charge in [-0.1, -0.05) is 115 Å². The van der Waals surface area contributed by atoms with Gasteiger partial charge in [0, 0.05) is 11.4 Å². The minimum absolute atomic E-state index is 1.15. The lowest BCUT2D eigenvalue weighted by Crippen LogP contribution is -2.23. The lowest BCUT2D eigenvalue weighted by atomic mass is 9.91. The van der Waals surface area contributed by atoms with E-state index in [1.807, 2.05) is 0 Å². The van der Waals surface area contributed by atoms with Crippen LogP contribution in [-0.2, 0) is 0 Å². The smallest absolute Gasteiger partial charge is 0.0703 e. The van der Waals surface area contributed by atoms with Crippen molar-refractivity contribution in [3.8, 4) is 11.1 Å². The predicted octanol–water partition coefficient (Wildman–Crippen LogP) is 12.1. The van der Waals surface area contributed by atoms with Crippen molar-refractivity contribution >= 4 is 66.4 Å². The molecule has 0 fully saturated rings. The van der Waals surface area contributed by atoms with Crippen LogP contribution < -0.4 is 9.80 Å². The molecule has 0 amide bonds. The molecule has 1 aliphatic rings. The fraction of sp³-hybridized carbons (Fsp3) is 0. The van der Waals surface area contributed by atoms with Crippen LogP contribution in [0.15, 0.2) is 170 Å². The molecule has 0 radical (unpaired) electrons. The second-order valence-electron chi connectivity index (χ2n) is 11.4. The van der Waals surface area contributed by atoms with Gasteiger partial charge in [0.25, 0.3) is 0 Å². The lowest BCUT2D eigenvalue weighted by Gasteiger charge is -2.40. The molecule has 0 saturated heterocycles. The van der Waals surface area contributed by atoms with E-state index in [0.29, 0.717) is 0 Å². The van der Waals surface area contributed by atoms with Gasteiger partial charge in [0.2, 0.25) is 0 Å². The molecule has 0 saturated carbocycles. The van der Waals surface area contributed by atoms with Crippen LogP contribution >= 0.6 is 0 Å². The Morgan fingerprint density at radius 3 is 1.27 bits per heavy atom. The zero-order valence-corrected chi connectivity index (χ0v) is 24.1. The van der Waals surface area contributed by atoms with E-state index in [2.05, 4.69) is 180 Å². The summed E-state index contributed by atoms with van der Waals surface area (Å²) in [6.07, 6.45) is 0. The molecule has 8 aromatic rings. The molecular weight excluding hydrogens is 532 g/mol. The minimum Gasteiger partial charge on any atom is -0.306 e. The van der Waals surface area contributed by atoms with Crippen LogP contribution in [0.2, 0.25) is 0 Å². The Labute approximate surface area is 256 Å². The summed E-state index contributed by atoms with van der Waals surface area (Å²) < 4.78 is 0. The highest BCUT2D eigenvalue weighted by molar-refractivity contribution is 6.26. The van der Waals surface area contributed by atoms with E-state index in [1.54, 1.807) is 0 Å². The van der Waals surface area contributed by atoms with Crippen molar-refractivity contribution in [1.29, 1.82) is 0 Å². The fourth-order valence-corrected chi connectivity index (χ4v) is 6.97. The van der Waals surface area contributed by atoms with Gasteiger partial charge in [0.1, 0.15) is 0 Å². The van der Waals surface area contributed by atoms with Gasteiger partial charge in [0.15, 0.2) is 0 Å². The Morgan fingerprint density at radius 2 is 0.682 bits per heavy atom. The molecule has 2 nitrogen and oxygen atoms in total. The number of hydrogen-bond acceptors (Lipinski definition) is 2. The molecule has 2 heteroatoms. The van der Waals surface area contributed by atoms with Crippen molar-refractivity contribution in [1.82, 2.24) is 0 Å². The Hall–Kier alpha value is -5.86. The highest BCUT2D eigenvalue weighted by Crippen LogP contribution is 2.54. The van der Waals surface area contributed by atoms with Gasteiger partial charge in [-0.3, -0.25) is 0 Å². The van der Waals surface area contributed by atoms with Crippen molar-refractivity contribution in [2.75, 3.05) is 9.80 Å². The van der Waals surface area contributed by atoms with Crippen LogP contribution in [0.25, 0.3) is 43.4 Å². The summed E-state index contributed by atoms with van der Waals surface area (Å²) in [6.45, 7) is 0. The number of benzene rings is 8. The number of nitrogens with zero attached hydrogens (tertiary/aromatic N) is 2. The normalized spacial score (nSPS) is 12.5. The minimum atomic E-state index is 1.15. The second kappa shape index (κ2) is 9.86. The van der Waals surface area contributed by atoms with Gasteiger partial charge in [-0.15, -0.1) is 0 Å². The molecule has 0 atom stereocenters. The number of fused-ring (bicyclic) bond motifs is 8. The average Bonchev–Trinajstić information content (AvgIpc) is 3.11. The standard InChI is InChI=1S/C42H28N2/c1-3-13-29(14-4-1)30-23-25-35-36-26-24-32(28-38(36)34-18-8-7-17-33(34)37(35)27-30)44-41-21-11-9-19-39(41)43(31-15-5-2-6-16-31)40-20-10-12-22-42(40)44/h1-28H. The van der Waals surface area contributed by atoms with Crippen molar-refractivity contribution in [3.63, 3.8) is 0 Å². The molecule has 0 N–H and O–H groups in total. The van der Waals surface area contributed by atoms with Crippen molar-refractivity contribution in [2.45, 2.75) is 0 Å². The van der Waals surface area contributed by atoms with E-state index in [-0.39, 0.29) is 0 Å². The van der Waals surface area contributed by atoms with Gasteiger partial charge < -0.3 is 9.80 Å². The topological polar surface area (TPSA) is 6.48 Å². The Morgan fingerprint density at radius 1 is 0.250 bits per heavy atom. The van der Waals surface area contributed by atoms with Gasteiger partial charge in [-0.25, -0.2) is 0 Å². The highest BCUT2D eigenvalue weighted by atomic mass is 15.3. The van der Waals surface area contributed by atoms with E-state index >= 15 is 0 Å². The number of rotatable bonds is 3. The van der Waals surface area contributed by atoms with Crippen LogP contribution in [0, 0.1) is 0 Å². The molecule has 1 heterocycles. The van der Waals surface area contributed by atoms with E-state index < -0.39 is 0 Å². The maximum atomic E-state index is 2.42. The van der Waals surface area contributed by atoms with E-state index in [9.17, 15) is 0 Å². The maximum Gasteiger partial charge on any atom is 0.0703 e. The first-order valence-electron chi connectivity index (χ1n) is 15.1. The molecule has 0 unspecified atom stereocenters. The average molecular weight is 561 g/mol. The Kier molecular flexibility index (Phi) is 5.54. The van der Waals surface area contributed by atoms with Crippen LogP contribution in [0.1, 0.15) is 0 Å². The summed E-state index contributed by atoms with van der Waals surface area (Å²) in [6, 6.07) is 61.5. The Balaban J connectivity index is 1.28. The maximum absolute atomic E-state index is 2.42. The van der Waals surface area contributed by atoms with Crippen molar-refractivity contribution in [3.05, 3.63) is 170 Å². The van der Waals surface area contributed by atoms with Crippen molar-refractivity contribution < 1.29 is 0 Å². The number of para-hydroxylation sites is 5. The summed E-state index contributed by atoms with van der Waals surface area (Å²) in [4.78, 5) is 4.79. The largest absolute Gasteiger partial charge is 0.306 e. The van der Waals surface area contributed by atoms with E-state index in [1.165, 1.54) is 43.4 Å². The van der Waals surface area contributed by atoms with Gasteiger partial charge in [-0.2, -0.15) is 0 Å². The molecule has 206 valence electrons. The highest BCUT2D eigenvalue weighted by Gasteiger charge is 2.30. The van der Waals surface area contributed by atoms with Gasteiger partial charge in [0.05, 0.1) is 22.7 Å². The predicted molar refractivity (Wildman–Crippen MR) is 187 cm³/mol. The number of anilines is 6. The number of hydrogen-bond donors (Lipinski definition) is 0. The molecule has 0 bridgehead atoms. The van der Waals surface area contributed by atoms with E-state index in [0.717, 1.165) is 34.1 Å². The summed E-state index contributed by atoms with van der Waals surface area (Å²) in [7, 11) is 0. The third kappa shape index (κ3) is 3.75. The summed E-state index contributed by atoms with van der Waals surface area (Å²) in [5, 5.41) is 7.64. The molecule has 0 spiro atoms. The summed E-state index contributed by atoms with van der Waals surface area (Å²) in [5.41, 5.74) is 9.42. The molecule has 9 rings (SSSR count). The monoisotopic (exact) mass is 560 g/mol. The quantitative estimate of drug-likeness (QED) is 0.198. The summed E-state index contributed by atoms with van der Waals surface area (Å²) >= 11 is 0. The van der Waals surface area contributed by atoms with E-state index in [4.69, 9.17) is 0 Å². The molecule has 8 aromatic carbocycles. The third-order valence-electron chi connectivity index (χ3n) is 8.93. The first-order chi connectivity index (χ1) is 21.8. The molecular formula is C42H28N2. The van der Waals surface area contributed by atoms with Crippen LogP contribution in [-0.4, -0.2) is 0 Å². The molecule has 44 heavy (non-hydrogen) atoms. The second-order valence-corrected chi connectivity index (χ2v) is 11.4. The van der Waals surface area contributed by atoms with Crippen LogP contribution in [0.5, 0.6) is 0 Å². The van der Waals surface area contributed by atoms with Gasteiger partial charge in [-0.05, 0) is 98.0 Å². The Bertz CT molecular complexity index is 2270. The molecule has 0 aliphatic carbocycles. The van der Waals surface area contributed by atoms with Gasteiger partial charge >= 0.3 is 0 Å². The molecule has 0 aromatic heterocycles. The first-order valence-corrected chi connectivity index (χ1v) is 15.1. The van der Waals surface area contributed by atoms with Crippen molar-refractivity contribution in [2.24, 2.45) is 0 Å². The molecule has 1 aliphatic heterocycles. The SMILES string of the molecule is c1ccc(-c2ccc3c4ccc(N5c6ccccc6N(c6ccccc6)c6ccccc65)cc4c4ccccc4c3c2)cc1. The zero-order chi connectivity index (χ0) is 29.0. The van der Waals surface area contributed by atoms with Crippen LogP contribution in [0.4, 0.5) is 34.1 Å². The first kappa shape index (κ1) is 24.7. The lowest BCUT2D eigenvalue weighted by molar-refractivity contribution is 1.17.